The van der Waals surface area contributed by atoms with Gasteiger partial charge in [-0.15, -0.1) is 18.3 Å². The summed E-state index contributed by atoms with van der Waals surface area (Å²) in [5.41, 5.74) is 1.32. The van der Waals surface area contributed by atoms with Crippen LogP contribution in [-0.4, -0.2) is 12.8 Å². The number of benzene rings is 1. The highest BCUT2D eigenvalue weighted by Gasteiger charge is 1.92. The molecule has 0 amide bonds. The second kappa shape index (κ2) is 5.84. The molecule has 0 aliphatic heterocycles. The summed E-state index contributed by atoms with van der Waals surface area (Å²) in [4.78, 5) is 1.31. The molecule has 0 unspecified atom stereocenters. The van der Waals surface area contributed by atoms with Gasteiger partial charge in [0.1, 0.15) is 0 Å². The molecule has 1 N–H and O–H groups in total. The smallest absolute Gasteiger partial charge is 0.0202 e. The third-order valence-electron chi connectivity index (χ3n) is 1.67. The van der Waals surface area contributed by atoms with E-state index < -0.39 is 0 Å². The lowest BCUT2D eigenvalue weighted by Crippen LogP contribution is -2.04. The van der Waals surface area contributed by atoms with Gasteiger partial charge in [-0.1, -0.05) is 18.2 Å². The lowest BCUT2D eigenvalue weighted by atomic mass is 10.2. The summed E-state index contributed by atoms with van der Waals surface area (Å²) in [6.45, 7) is 4.63. The van der Waals surface area contributed by atoms with E-state index in [4.69, 9.17) is 0 Å². The molecule has 0 radical (unpaired) electrons. The highest BCUT2D eigenvalue weighted by Crippen LogP contribution is 2.17. The first kappa shape index (κ1) is 10.4. The second-order valence-corrected chi connectivity index (χ2v) is 3.87. The van der Waals surface area contributed by atoms with E-state index >= 15 is 0 Å². The molecule has 1 nitrogen and oxygen atoms in total. The van der Waals surface area contributed by atoms with Crippen LogP contribution in [0.1, 0.15) is 5.56 Å². The molecule has 1 aromatic carbocycles. The van der Waals surface area contributed by atoms with Crippen molar-refractivity contribution < 1.29 is 0 Å². The number of nitrogens with one attached hydrogen (secondary N) is 1. The van der Waals surface area contributed by atoms with E-state index in [2.05, 4.69) is 36.2 Å². The van der Waals surface area contributed by atoms with E-state index in [0.717, 1.165) is 12.3 Å². The van der Waals surface area contributed by atoms with Crippen LogP contribution in [0.4, 0.5) is 0 Å². The third kappa shape index (κ3) is 3.66. The molecular formula is C11H15NS. The zero-order valence-corrected chi connectivity index (χ0v) is 8.73. The Morgan fingerprint density at radius 1 is 1.38 bits per heavy atom. The van der Waals surface area contributed by atoms with Crippen molar-refractivity contribution in [3.63, 3.8) is 0 Å². The van der Waals surface area contributed by atoms with E-state index in [1.165, 1.54) is 10.5 Å². The minimum absolute atomic E-state index is 0.937. The molecule has 0 bridgehead atoms. The molecule has 0 aromatic heterocycles. The standard InChI is InChI=1S/C11H15NS/c1-3-8-13-11-6-4-10(5-7-11)9-12-2/h3-7,12H,1,8-9H2,2H3. The van der Waals surface area contributed by atoms with Crippen molar-refractivity contribution >= 4 is 11.8 Å². The minimum Gasteiger partial charge on any atom is -0.316 e. The quantitative estimate of drug-likeness (QED) is 0.570. The Hall–Kier alpha value is -0.730. The van der Waals surface area contributed by atoms with Gasteiger partial charge in [-0.05, 0) is 24.7 Å². The van der Waals surface area contributed by atoms with Crippen LogP contribution in [0.5, 0.6) is 0 Å². The summed E-state index contributed by atoms with van der Waals surface area (Å²) in [7, 11) is 1.96. The SMILES string of the molecule is C=CCSc1ccc(CNC)cc1. The highest BCUT2D eigenvalue weighted by atomic mass is 32.2. The monoisotopic (exact) mass is 193 g/mol. The number of rotatable bonds is 5. The zero-order valence-electron chi connectivity index (χ0n) is 7.92. The Morgan fingerprint density at radius 2 is 2.08 bits per heavy atom. The van der Waals surface area contributed by atoms with Gasteiger partial charge in [-0.25, -0.2) is 0 Å². The average molecular weight is 193 g/mol. The lowest BCUT2D eigenvalue weighted by Gasteiger charge is -2.01. The molecular weight excluding hydrogens is 178 g/mol. The van der Waals surface area contributed by atoms with Crippen LogP contribution in [0.15, 0.2) is 41.8 Å². The molecule has 13 heavy (non-hydrogen) atoms. The summed E-state index contributed by atoms with van der Waals surface area (Å²) in [5, 5.41) is 3.12. The third-order valence-corrected chi connectivity index (χ3v) is 2.68. The van der Waals surface area contributed by atoms with E-state index in [9.17, 15) is 0 Å². The van der Waals surface area contributed by atoms with E-state index in [0.29, 0.717) is 0 Å². The van der Waals surface area contributed by atoms with Gasteiger partial charge >= 0.3 is 0 Å². The van der Waals surface area contributed by atoms with Gasteiger partial charge < -0.3 is 5.32 Å². The largest absolute Gasteiger partial charge is 0.316 e. The van der Waals surface area contributed by atoms with Gasteiger partial charge in [-0.3, -0.25) is 0 Å². The molecule has 0 aliphatic carbocycles. The highest BCUT2D eigenvalue weighted by molar-refractivity contribution is 7.99. The van der Waals surface area contributed by atoms with Crippen molar-refractivity contribution in [1.82, 2.24) is 5.32 Å². The fraction of sp³-hybridized carbons (Fsp3) is 0.273. The number of hydrogen-bond donors (Lipinski definition) is 1. The number of hydrogen-bond acceptors (Lipinski definition) is 2. The maximum Gasteiger partial charge on any atom is 0.0202 e. The van der Waals surface area contributed by atoms with E-state index in [1.807, 2.05) is 24.9 Å². The van der Waals surface area contributed by atoms with Crippen molar-refractivity contribution in [2.45, 2.75) is 11.4 Å². The topological polar surface area (TPSA) is 12.0 Å². The van der Waals surface area contributed by atoms with Gasteiger partial charge in [0.25, 0.3) is 0 Å². The molecule has 0 saturated heterocycles. The predicted octanol–water partition coefficient (Wildman–Crippen LogP) is 2.68. The Kier molecular flexibility index (Phi) is 4.65. The predicted molar refractivity (Wildman–Crippen MR) is 60.1 cm³/mol. The molecule has 1 rings (SSSR count). The van der Waals surface area contributed by atoms with Crippen LogP contribution in [0.25, 0.3) is 0 Å². The molecule has 0 spiro atoms. The van der Waals surface area contributed by atoms with E-state index in [1.54, 1.807) is 0 Å². The van der Waals surface area contributed by atoms with Gasteiger partial charge in [-0.2, -0.15) is 0 Å². The lowest BCUT2D eigenvalue weighted by molar-refractivity contribution is 0.817. The van der Waals surface area contributed by atoms with Crippen molar-refractivity contribution in [2.24, 2.45) is 0 Å². The fourth-order valence-corrected chi connectivity index (χ4v) is 1.70. The maximum absolute atomic E-state index is 3.69. The van der Waals surface area contributed by atoms with Gasteiger partial charge in [0.05, 0.1) is 0 Å². The summed E-state index contributed by atoms with van der Waals surface area (Å²) in [6, 6.07) is 8.62. The summed E-state index contributed by atoms with van der Waals surface area (Å²) in [6.07, 6.45) is 1.92. The molecule has 1 aromatic rings. The number of thioether (sulfide) groups is 1. The summed E-state index contributed by atoms with van der Waals surface area (Å²) < 4.78 is 0. The first-order valence-electron chi connectivity index (χ1n) is 4.34. The normalized spacial score (nSPS) is 9.92. The van der Waals surface area contributed by atoms with Crippen LogP contribution < -0.4 is 5.32 Å². The Morgan fingerprint density at radius 3 is 2.62 bits per heavy atom. The summed E-state index contributed by atoms with van der Waals surface area (Å²) >= 11 is 1.81. The van der Waals surface area contributed by atoms with Crippen LogP contribution in [-0.2, 0) is 6.54 Å². The Bertz CT molecular complexity index is 253. The molecule has 0 saturated carbocycles. The van der Waals surface area contributed by atoms with Gasteiger partial charge in [0, 0.05) is 17.2 Å². The van der Waals surface area contributed by atoms with Crippen LogP contribution in [0, 0.1) is 0 Å². The van der Waals surface area contributed by atoms with Crippen molar-refractivity contribution in [2.75, 3.05) is 12.8 Å². The minimum atomic E-state index is 0.937. The van der Waals surface area contributed by atoms with Gasteiger partial charge in [0.2, 0.25) is 0 Å². The Labute approximate surface area is 84.2 Å². The van der Waals surface area contributed by atoms with Crippen molar-refractivity contribution in [3.05, 3.63) is 42.5 Å². The zero-order chi connectivity index (χ0) is 9.52. The van der Waals surface area contributed by atoms with Crippen LogP contribution in [0.3, 0.4) is 0 Å². The van der Waals surface area contributed by atoms with Crippen molar-refractivity contribution in [3.8, 4) is 0 Å². The van der Waals surface area contributed by atoms with Crippen LogP contribution >= 0.6 is 11.8 Å². The average Bonchev–Trinajstić information content (AvgIpc) is 2.17. The second-order valence-electron chi connectivity index (χ2n) is 2.77. The fourth-order valence-electron chi connectivity index (χ4n) is 1.06. The van der Waals surface area contributed by atoms with E-state index in [-0.39, 0.29) is 0 Å². The first-order valence-corrected chi connectivity index (χ1v) is 5.32. The molecule has 0 heterocycles. The first-order chi connectivity index (χ1) is 6.36. The Balaban J connectivity index is 2.53. The molecule has 0 aliphatic rings. The molecule has 0 atom stereocenters. The van der Waals surface area contributed by atoms with Gasteiger partial charge in [0.15, 0.2) is 0 Å². The maximum atomic E-state index is 3.69. The molecule has 2 heteroatoms. The summed E-state index contributed by atoms with van der Waals surface area (Å²) in [5.74, 6) is 0.978. The van der Waals surface area contributed by atoms with Crippen molar-refractivity contribution in [1.29, 1.82) is 0 Å². The van der Waals surface area contributed by atoms with Crippen LogP contribution in [0.2, 0.25) is 0 Å². The molecule has 70 valence electrons. The molecule has 0 fully saturated rings.